The number of nitrogen functional groups attached to an aromatic ring is 1. The fourth-order valence-electron chi connectivity index (χ4n) is 1.21. The predicted octanol–water partition coefficient (Wildman–Crippen LogP) is 2.67. The van der Waals surface area contributed by atoms with Gasteiger partial charge in [-0.3, -0.25) is 0 Å². The SMILES string of the molecule is CCCCOC(=O)c1cc(N)c(C)c(F)c1. The smallest absolute Gasteiger partial charge is 0.338 e. The molecule has 0 aliphatic carbocycles. The zero-order chi connectivity index (χ0) is 12.1. The van der Waals surface area contributed by atoms with Gasteiger partial charge in [0, 0.05) is 11.3 Å². The van der Waals surface area contributed by atoms with E-state index >= 15 is 0 Å². The number of hydrogen-bond donors (Lipinski definition) is 1. The van der Waals surface area contributed by atoms with Gasteiger partial charge in [0.05, 0.1) is 12.2 Å². The van der Waals surface area contributed by atoms with Crippen molar-refractivity contribution in [3.05, 3.63) is 29.1 Å². The quantitative estimate of drug-likeness (QED) is 0.487. The average Bonchev–Trinajstić information content (AvgIpc) is 2.25. The van der Waals surface area contributed by atoms with Crippen molar-refractivity contribution in [1.29, 1.82) is 0 Å². The summed E-state index contributed by atoms with van der Waals surface area (Å²) in [6.45, 7) is 3.92. The fourth-order valence-corrected chi connectivity index (χ4v) is 1.21. The van der Waals surface area contributed by atoms with Crippen molar-refractivity contribution in [2.75, 3.05) is 12.3 Å². The van der Waals surface area contributed by atoms with Crippen LogP contribution in [0.1, 0.15) is 35.7 Å². The molecule has 0 fully saturated rings. The van der Waals surface area contributed by atoms with Crippen LogP contribution in [0.15, 0.2) is 12.1 Å². The third-order valence-corrected chi connectivity index (χ3v) is 2.35. The Balaban J connectivity index is 2.76. The molecule has 0 aromatic heterocycles. The van der Waals surface area contributed by atoms with E-state index in [-0.39, 0.29) is 11.3 Å². The van der Waals surface area contributed by atoms with Crippen LogP contribution in [0.4, 0.5) is 10.1 Å². The lowest BCUT2D eigenvalue weighted by Crippen LogP contribution is -2.08. The highest BCUT2D eigenvalue weighted by molar-refractivity contribution is 5.90. The van der Waals surface area contributed by atoms with Gasteiger partial charge in [-0.2, -0.15) is 0 Å². The molecule has 0 unspecified atom stereocenters. The normalized spacial score (nSPS) is 10.2. The lowest BCUT2D eigenvalue weighted by atomic mass is 10.1. The van der Waals surface area contributed by atoms with Gasteiger partial charge < -0.3 is 10.5 Å². The van der Waals surface area contributed by atoms with E-state index in [1.54, 1.807) is 6.92 Å². The summed E-state index contributed by atoms with van der Waals surface area (Å²) in [5.41, 5.74) is 6.35. The third-order valence-electron chi connectivity index (χ3n) is 2.35. The van der Waals surface area contributed by atoms with Gasteiger partial charge in [0.2, 0.25) is 0 Å². The number of rotatable bonds is 4. The number of esters is 1. The molecular formula is C12H16FNO2. The molecular weight excluding hydrogens is 209 g/mol. The molecule has 0 aliphatic rings. The number of hydrogen-bond acceptors (Lipinski definition) is 3. The van der Waals surface area contributed by atoms with Gasteiger partial charge in [-0.05, 0) is 25.5 Å². The van der Waals surface area contributed by atoms with Crippen molar-refractivity contribution in [1.82, 2.24) is 0 Å². The van der Waals surface area contributed by atoms with Crippen molar-refractivity contribution >= 4 is 11.7 Å². The van der Waals surface area contributed by atoms with E-state index in [0.29, 0.717) is 12.2 Å². The molecule has 16 heavy (non-hydrogen) atoms. The maximum Gasteiger partial charge on any atom is 0.338 e. The Kier molecular flexibility index (Phi) is 4.28. The van der Waals surface area contributed by atoms with E-state index in [2.05, 4.69) is 0 Å². The van der Waals surface area contributed by atoms with Crippen molar-refractivity contribution in [3.63, 3.8) is 0 Å². The van der Waals surface area contributed by atoms with E-state index in [9.17, 15) is 9.18 Å². The second kappa shape index (κ2) is 5.49. The highest BCUT2D eigenvalue weighted by Crippen LogP contribution is 2.18. The van der Waals surface area contributed by atoms with E-state index in [4.69, 9.17) is 10.5 Å². The topological polar surface area (TPSA) is 52.3 Å². The van der Waals surface area contributed by atoms with Gasteiger partial charge in [-0.15, -0.1) is 0 Å². The summed E-state index contributed by atoms with van der Waals surface area (Å²) in [4.78, 5) is 11.5. The Morgan fingerprint density at radius 3 is 2.75 bits per heavy atom. The van der Waals surface area contributed by atoms with Crippen LogP contribution >= 0.6 is 0 Å². The minimum atomic E-state index is -0.529. The molecule has 4 heteroatoms. The number of halogens is 1. The molecule has 0 atom stereocenters. The Morgan fingerprint density at radius 1 is 1.50 bits per heavy atom. The van der Waals surface area contributed by atoms with Crippen LogP contribution in [0.25, 0.3) is 0 Å². The van der Waals surface area contributed by atoms with Crippen molar-refractivity contribution in [2.45, 2.75) is 26.7 Å². The second-order valence-corrected chi connectivity index (χ2v) is 3.66. The number of carbonyl (C=O) groups is 1. The second-order valence-electron chi connectivity index (χ2n) is 3.66. The van der Waals surface area contributed by atoms with Gasteiger partial charge in [0.1, 0.15) is 5.82 Å². The highest BCUT2D eigenvalue weighted by Gasteiger charge is 2.11. The third kappa shape index (κ3) is 2.95. The summed E-state index contributed by atoms with van der Waals surface area (Å²) in [5, 5.41) is 0. The first-order chi connectivity index (χ1) is 7.56. The molecule has 2 N–H and O–H groups in total. The zero-order valence-electron chi connectivity index (χ0n) is 9.55. The molecule has 0 aliphatic heterocycles. The lowest BCUT2D eigenvalue weighted by Gasteiger charge is -2.07. The number of unbranched alkanes of at least 4 members (excludes halogenated alkanes) is 1. The maximum atomic E-state index is 13.3. The first kappa shape index (κ1) is 12.5. The van der Waals surface area contributed by atoms with Gasteiger partial charge in [-0.1, -0.05) is 13.3 Å². The van der Waals surface area contributed by atoms with E-state index in [1.807, 2.05) is 6.92 Å². The van der Waals surface area contributed by atoms with Crippen molar-refractivity contribution < 1.29 is 13.9 Å². The van der Waals surface area contributed by atoms with Gasteiger partial charge in [-0.25, -0.2) is 9.18 Å². The highest BCUT2D eigenvalue weighted by atomic mass is 19.1. The molecule has 0 radical (unpaired) electrons. The summed E-state index contributed by atoms with van der Waals surface area (Å²) in [7, 11) is 0. The van der Waals surface area contributed by atoms with Crippen LogP contribution < -0.4 is 5.73 Å². The Bertz CT molecular complexity index is 368. The molecule has 0 amide bonds. The zero-order valence-corrected chi connectivity index (χ0v) is 9.55. The molecule has 0 bridgehead atoms. The van der Waals surface area contributed by atoms with Crippen molar-refractivity contribution in [2.24, 2.45) is 0 Å². The Morgan fingerprint density at radius 2 is 2.19 bits per heavy atom. The van der Waals surface area contributed by atoms with E-state index in [1.165, 1.54) is 6.07 Å². The van der Waals surface area contributed by atoms with E-state index in [0.717, 1.165) is 18.9 Å². The number of anilines is 1. The fraction of sp³-hybridized carbons (Fsp3) is 0.417. The average molecular weight is 225 g/mol. The summed E-state index contributed by atoms with van der Waals surface area (Å²) in [5.74, 6) is -1.01. The summed E-state index contributed by atoms with van der Waals surface area (Å²) >= 11 is 0. The molecule has 1 rings (SSSR count). The molecule has 0 heterocycles. The van der Waals surface area contributed by atoms with E-state index < -0.39 is 11.8 Å². The van der Waals surface area contributed by atoms with Gasteiger partial charge in [0.25, 0.3) is 0 Å². The molecule has 88 valence electrons. The minimum absolute atomic E-state index is 0.164. The molecule has 1 aromatic rings. The first-order valence-electron chi connectivity index (χ1n) is 5.29. The maximum absolute atomic E-state index is 13.3. The summed E-state index contributed by atoms with van der Waals surface area (Å²) < 4.78 is 18.3. The minimum Gasteiger partial charge on any atom is -0.462 e. The Hall–Kier alpha value is -1.58. The number of benzene rings is 1. The standard InChI is InChI=1S/C12H16FNO2/c1-3-4-5-16-12(15)9-6-10(13)8(2)11(14)7-9/h6-7H,3-5,14H2,1-2H3. The van der Waals surface area contributed by atoms with Gasteiger partial charge >= 0.3 is 5.97 Å². The van der Waals surface area contributed by atoms with Crippen LogP contribution in [0.5, 0.6) is 0 Å². The largest absolute Gasteiger partial charge is 0.462 e. The van der Waals surface area contributed by atoms with Crippen LogP contribution in [-0.4, -0.2) is 12.6 Å². The van der Waals surface area contributed by atoms with Crippen LogP contribution in [-0.2, 0) is 4.74 Å². The number of nitrogens with two attached hydrogens (primary N) is 1. The first-order valence-corrected chi connectivity index (χ1v) is 5.29. The van der Waals surface area contributed by atoms with Crippen LogP contribution in [0.2, 0.25) is 0 Å². The van der Waals surface area contributed by atoms with Gasteiger partial charge in [0.15, 0.2) is 0 Å². The predicted molar refractivity (Wildman–Crippen MR) is 60.7 cm³/mol. The number of carbonyl (C=O) groups excluding carboxylic acids is 1. The summed E-state index contributed by atoms with van der Waals surface area (Å²) in [6.07, 6.45) is 1.74. The molecule has 0 saturated carbocycles. The van der Waals surface area contributed by atoms with Crippen LogP contribution in [0.3, 0.4) is 0 Å². The Labute approximate surface area is 94.4 Å². The monoisotopic (exact) mass is 225 g/mol. The molecule has 0 spiro atoms. The van der Waals surface area contributed by atoms with Crippen LogP contribution in [0, 0.1) is 12.7 Å². The summed E-state index contributed by atoms with van der Waals surface area (Å²) in [6, 6.07) is 2.59. The molecule has 3 nitrogen and oxygen atoms in total. The lowest BCUT2D eigenvalue weighted by molar-refractivity contribution is 0.0499. The molecule has 1 aromatic carbocycles. The number of ether oxygens (including phenoxy) is 1. The van der Waals surface area contributed by atoms with Crippen molar-refractivity contribution in [3.8, 4) is 0 Å². The molecule has 0 saturated heterocycles.